The number of carbonyl (C=O) groups is 1. The highest BCUT2D eigenvalue weighted by Crippen LogP contribution is 2.47. The van der Waals surface area contributed by atoms with Crippen molar-refractivity contribution in [3.63, 3.8) is 0 Å². The van der Waals surface area contributed by atoms with Crippen molar-refractivity contribution in [3.05, 3.63) is 242 Å². The summed E-state index contributed by atoms with van der Waals surface area (Å²) in [6.07, 6.45) is 0.891. The fourth-order valence-corrected chi connectivity index (χ4v) is 9.58. The first-order valence-corrected chi connectivity index (χ1v) is 24.5. The Morgan fingerprint density at radius 1 is 0.280 bits per heavy atom. The van der Waals surface area contributed by atoms with Gasteiger partial charge in [-0.3, -0.25) is 4.79 Å². The molecule has 0 radical (unpaired) electrons. The second-order valence-corrected chi connectivity index (χ2v) is 17.5. The van der Waals surface area contributed by atoms with E-state index < -0.39 is 0 Å². The van der Waals surface area contributed by atoms with Crippen molar-refractivity contribution in [1.82, 2.24) is 0 Å². The molecule has 9 heteroatoms. The van der Waals surface area contributed by atoms with Crippen LogP contribution in [0.2, 0.25) is 0 Å². The van der Waals surface area contributed by atoms with Gasteiger partial charge in [0.25, 0.3) is 0 Å². The number of carbonyl (C=O) groups excluding carboxylic acids is 1. The van der Waals surface area contributed by atoms with E-state index in [9.17, 15) is 4.79 Å². The summed E-state index contributed by atoms with van der Waals surface area (Å²) in [5, 5.41) is 0. The maximum Gasteiger partial charge on any atom is 0.152 e. The van der Waals surface area contributed by atoms with E-state index in [1.807, 2.05) is 133 Å². The number of rotatable bonds is 18. The zero-order valence-electron chi connectivity index (χ0n) is 42.4. The van der Waals surface area contributed by atoms with Crippen LogP contribution in [0.1, 0.15) is 10.4 Å². The molecule has 10 aromatic carbocycles. The van der Waals surface area contributed by atoms with Gasteiger partial charge < -0.3 is 38.4 Å². The Kier molecular flexibility index (Phi) is 14.6. The Morgan fingerprint density at radius 3 is 0.987 bits per heavy atom. The molecule has 0 bridgehead atoms. The van der Waals surface area contributed by atoms with Crippen molar-refractivity contribution in [2.24, 2.45) is 0 Å². The minimum atomic E-state index is 0.560. The number of methoxy groups -OCH3 is 5. The number of nitrogens with zero attached hydrogens (tertiary/aromatic N) is 3. The highest BCUT2D eigenvalue weighted by atomic mass is 16.5. The molecule has 9 nitrogen and oxygen atoms in total. The van der Waals surface area contributed by atoms with Gasteiger partial charge in [0.1, 0.15) is 28.7 Å². The quantitative estimate of drug-likeness (QED) is 0.0782. The van der Waals surface area contributed by atoms with Crippen molar-refractivity contribution in [3.8, 4) is 62.1 Å². The standard InChI is InChI=1S/C66H55N3O6/c1-71-57-19-16-18-56(44-57)67(59-21-8-12-25-63(59)72-2)53-35-29-46(30-36-53)50-41-51(47-31-37-54(38-32-47)68(58-20-7-6-17-49(58)45-70)60-22-9-13-26-64(60)73-3)43-52(42-50)48-33-39-55(40-34-48)69(61-23-10-14-27-65(61)74-4)62-24-11-15-28-66(62)75-5/h6-45H,1-5H3. The summed E-state index contributed by atoms with van der Waals surface area (Å²) in [5.41, 5.74) is 14.6. The highest BCUT2D eigenvalue weighted by Gasteiger charge is 2.23. The van der Waals surface area contributed by atoms with E-state index in [0.29, 0.717) is 11.3 Å². The Balaban J connectivity index is 1.09. The number of para-hydroxylation sites is 9. The number of benzene rings is 10. The van der Waals surface area contributed by atoms with Crippen LogP contribution in [-0.2, 0) is 0 Å². The van der Waals surface area contributed by atoms with E-state index in [1.165, 1.54) is 0 Å². The predicted octanol–water partition coefficient (Wildman–Crippen LogP) is 17.0. The topological polar surface area (TPSA) is 72.9 Å². The van der Waals surface area contributed by atoms with Gasteiger partial charge in [-0.25, -0.2) is 0 Å². The summed E-state index contributed by atoms with van der Waals surface area (Å²) in [6.45, 7) is 0. The van der Waals surface area contributed by atoms with E-state index in [2.05, 4.69) is 118 Å². The molecule has 0 saturated carbocycles. The molecule has 10 aromatic rings. The monoisotopic (exact) mass is 985 g/mol. The SMILES string of the molecule is COc1cccc(N(c2ccc(-c3cc(-c4ccc(N(c5ccccc5C=O)c5ccccc5OC)cc4)cc(-c4ccc(N(c5ccccc5OC)c5ccccc5OC)cc4)c3)cc2)c2ccccc2OC)c1. The molecular weight excluding hydrogens is 931 g/mol. The molecule has 0 amide bonds. The van der Waals surface area contributed by atoms with Crippen molar-refractivity contribution in [1.29, 1.82) is 0 Å². The number of hydrogen-bond donors (Lipinski definition) is 0. The molecule has 0 atom stereocenters. The van der Waals surface area contributed by atoms with Crippen molar-refractivity contribution < 1.29 is 28.5 Å². The van der Waals surface area contributed by atoms with Crippen LogP contribution in [0.5, 0.6) is 28.7 Å². The third kappa shape index (κ3) is 10.1. The molecule has 0 unspecified atom stereocenters. The highest BCUT2D eigenvalue weighted by molar-refractivity contribution is 5.93. The second-order valence-electron chi connectivity index (χ2n) is 17.5. The lowest BCUT2D eigenvalue weighted by Crippen LogP contribution is -2.13. The molecule has 10 rings (SSSR count). The Bertz CT molecular complexity index is 3530. The molecule has 0 spiro atoms. The summed E-state index contributed by atoms with van der Waals surface area (Å²) >= 11 is 0. The molecule has 0 N–H and O–H groups in total. The zero-order valence-corrected chi connectivity index (χ0v) is 42.4. The maximum absolute atomic E-state index is 12.5. The van der Waals surface area contributed by atoms with E-state index >= 15 is 0 Å². The Hall–Kier alpha value is -9.73. The first-order chi connectivity index (χ1) is 36.9. The van der Waals surface area contributed by atoms with Crippen LogP contribution < -0.4 is 38.4 Å². The molecule has 0 aliphatic heterocycles. The maximum atomic E-state index is 12.5. The molecule has 0 fully saturated rings. The van der Waals surface area contributed by atoms with Crippen LogP contribution in [0.4, 0.5) is 51.2 Å². The normalized spacial score (nSPS) is 10.8. The minimum Gasteiger partial charge on any atom is -0.497 e. The molecule has 370 valence electrons. The van der Waals surface area contributed by atoms with Gasteiger partial charge in [0.2, 0.25) is 0 Å². The number of ether oxygens (including phenoxy) is 5. The molecule has 0 aliphatic rings. The first kappa shape index (κ1) is 48.9. The third-order valence-corrected chi connectivity index (χ3v) is 13.2. The zero-order chi connectivity index (χ0) is 51.7. The average molecular weight is 986 g/mol. The van der Waals surface area contributed by atoms with Crippen LogP contribution in [0.25, 0.3) is 33.4 Å². The third-order valence-electron chi connectivity index (χ3n) is 13.2. The number of anilines is 9. The van der Waals surface area contributed by atoms with E-state index in [4.69, 9.17) is 23.7 Å². The second kappa shape index (κ2) is 22.4. The molecule has 0 heterocycles. The van der Waals surface area contributed by atoms with Gasteiger partial charge in [-0.05, 0) is 161 Å². The molecule has 0 saturated heterocycles. The Labute approximate surface area is 438 Å². The van der Waals surface area contributed by atoms with Gasteiger partial charge in [-0.1, -0.05) is 103 Å². The first-order valence-electron chi connectivity index (χ1n) is 24.5. The fraction of sp³-hybridized carbons (Fsp3) is 0.0758. The van der Waals surface area contributed by atoms with Gasteiger partial charge in [0.05, 0.1) is 64.0 Å². The molecule has 0 aromatic heterocycles. The lowest BCUT2D eigenvalue weighted by molar-refractivity contribution is 0.112. The number of aldehydes is 1. The number of hydrogen-bond acceptors (Lipinski definition) is 9. The summed E-state index contributed by atoms with van der Waals surface area (Å²) in [7, 11) is 8.41. The predicted molar refractivity (Wildman–Crippen MR) is 305 cm³/mol. The summed E-state index contributed by atoms with van der Waals surface area (Å²) in [4.78, 5) is 18.9. The fourth-order valence-electron chi connectivity index (χ4n) is 9.58. The van der Waals surface area contributed by atoms with Gasteiger partial charge in [-0.15, -0.1) is 0 Å². The lowest BCUT2D eigenvalue weighted by Gasteiger charge is -2.28. The van der Waals surface area contributed by atoms with Gasteiger partial charge in [-0.2, -0.15) is 0 Å². The van der Waals surface area contributed by atoms with E-state index in [-0.39, 0.29) is 0 Å². The largest absolute Gasteiger partial charge is 0.497 e. The van der Waals surface area contributed by atoms with Crippen LogP contribution >= 0.6 is 0 Å². The Morgan fingerprint density at radius 2 is 0.613 bits per heavy atom. The van der Waals surface area contributed by atoms with Crippen molar-refractivity contribution >= 4 is 57.5 Å². The van der Waals surface area contributed by atoms with Crippen molar-refractivity contribution in [2.45, 2.75) is 0 Å². The van der Waals surface area contributed by atoms with Crippen molar-refractivity contribution in [2.75, 3.05) is 50.2 Å². The average Bonchev–Trinajstić information content (AvgIpc) is 3.48. The molecule has 75 heavy (non-hydrogen) atoms. The van der Waals surface area contributed by atoms with Gasteiger partial charge in [0.15, 0.2) is 6.29 Å². The minimum absolute atomic E-state index is 0.560. The van der Waals surface area contributed by atoms with Crippen LogP contribution in [0.3, 0.4) is 0 Å². The summed E-state index contributed by atoms with van der Waals surface area (Å²) in [6, 6.07) is 79.9. The smallest absolute Gasteiger partial charge is 0.152 e. The summed E-state index contributed by atoms with van der Waals surface area (Å²) < 4.78 is 29.2. The van der Waals surface area contributed by atoms with Crippen LogP contribution in [0, 0.1) is 0 Å². The van der Waals surface area contributed by atoms with Crippen LogP contribution in [-0.4, -0.2) is 41.8 Å². The molecular formula is C66H55N3O6. The van der Waals surface area contributed by atoms with Gasteiger partial charge >= 0.3 is 0 Å². The molecule has 0 aliphatic carbocycles. The lowest BCUT2D eigenvalue weighted by atomic mass is 9.93. The van der Waals surface area contributed by atoms with E-state index in [0.717, 1.165) is 114 Å². The van der Waals surface area contributed by atoms with Gasteiger partial charge in [0, 0.05) is 34.4 Å². The van der Waals surface area contributed by atoms with Crippen LogP contribution in [0.15, 0.2) is 237 Å². The van der Waals surface area contributed by atoms with E-state index in [1.54, 1.807) is 35.5 Å². The summed E-state index contributed by atoms with van der Waals surface area (Å²) in [5.74, 6) is 3.64.